The molecule has 0 unspecified atom stereocenters. The second-order valence-corrected chi connectivity index (χ2v) is 8.98. The van der Waals surface area contributed by atoms with E-state index in [1.807, 2.05) is 0 Å². The molecule has 0 aromatic carbocycles. The van der Waals surface area contributed by atoms with Gasteiger partial charge in [-0.15, -0.1) is 0 Å². The minimum absolute atomic E-state index is 0.752. The maximum atomic E-state index is 2.46. The van der Waals surface area contributed by atoms with E-state index < -0.39 is 0 Å². The van der Waals surface area contributed by atoms with Gasteiger partial charge in [0.1, 0.15) is 0 Å². The molecule has 4 aliphatic rings. The molecule has 0 aromatic rings. The van der Waals surface area contributed by atoms with Gasteiger partial charge < -0.3 is 0 Å². The lowest BCUT2D eigenvalue weighted by Gasteiger charge is -2.33. The van der Waals surface area contributed by atoms with Gasteiger partial charge in [-0.2, -0.15) is 0 Å². The van der Waals surface area contributed by atoms with Crippen LogP contribution in [0.4, 0.5) is 0 Å². The number of hydrogen-bond donors (Lipinski definition) is 0. The summed E-state index contributed by atoms with van der Waals surface area (Å²) in [5, 5.41) is 0. The molecule has 0 saturated heterocycles. The lowest BCUT2D eigenvalue weighted by molar-refractivity contribution is 0.204. The van der Waals surface area contributed by atoms with Gasteiger partial charge in [0.05, 0.1) is 0 Å². The van der Waals surface area contributed by atoms with Crippen molar-refractivity contribution in [2.45, 2.75) is 104 Å². The van der Waals surface area contributed by atoms with Gasteiger partial charge in [0.2, 0.25) is 0 Å². The van der Waals surface area contributed by atoms with E-state index in [0.29, 0.717) is 0 Å². The van der Waals surface area contributed by atoms with Crippen molar-refractivity contribution in [3.8, 4) is 0 Å². The Hall–Kier alpha value is -0.520. The van der Waals surface area contributed by atoms with Crippen LogP contribution in [0.5, 0.6) is 0 Å². The first-order valence-electron chi connectivity index (χ1n) is 9.93. The average Bonchev–Trinajstić information content (AvgIpc) is 3.05. The molecule has 0 aromatic heterocycles. The third-order valence-corrected chi connectivity index (χ3v) is 6.90. The Kier molecular flexibility index (Phi) is 5.15. The molecule has 0 bridgehead atoms. The van der Waals surface area contributed by atoms with E-state index in [-0.39, 0.29) is 0 Å². The lowest BCUT2D eigenvalue weighted by Crippen LogP contribution is -2.20. The lowest BCUT2D eigenvalue weighted by atomic mass is 9.72. The molecule has 0 radical (unpaired) electrons. The highest BCUT2D eigenvalue weighted by Crippen LogP contribution is 2.49. The largest absolute Gasteiger partial charge is 0.0850 e. The van der Waals surface area contributed by atoms with Crippen molar-refractivity contribution in [2.75, 3.05) is 0 Å². The van der Waals surface area contributed by atoms with Crippen molar-refractivity contribution in [2.24, 2.45) is 10.8 Å². The predicted molar refractivity (Wildman–Crippen MR) is 97.0 cm³/mol. The molecule has 0 atom stereocenters. The first-order chi connectivity index (χ1) is 10.6. The van der Waals surface area contributed by atoms with Crippen molar-refractivity contribution in [3.05, 3.63) is 23.3 Å². The van der Waals surface area contributed by atoms with Crippen molar-refractivity contribution in [3.63, 3.8) is 0 Å². The Bertz CT molecular complexity index is 383. The molecule has 124 valence electrons. The van der Waals surface area contributed by atoms with E-state index in [9.17, 15) is 0 Å². The average molecular weight is 301 g/mol. The standard InChI is InChI=1S/2C11H18/c2*1-10-5-8-11(9-10)6-3-2-4-7-11/h2*5H,2-4,6-9H2,1H3. The van der Waals surface area contributed by atoms with Crippen LogP contribution >= 0.6 is 0 Å². The maximum Gasteiger partial charge on any atom is -0.0226 e. The molecule has 2 spiro atoms. The van der Waals surface area contributed by atoms with Gasteiger partial charge in [0, 0.05) is 0 Å². The zero-order valence-electron chi connectivity index (χ0n) is 15.1. The van der Waals surface area contributed by atoms with Crippen LogP contribution in [0.25, 0.3) is 0 Å². The van der Waals surface area contributed by atoms with Crippen LogP contribution in [0.3, 0.4) is 0 Å². The number of hydrogen-bond acceptors (Lipinski definition) is 0. The first-order valence-corrected chi connectivity index (χ1v) is 9.93. The zero-order valence-corrected chi connectivity index (χ0v) is 15.1. The van der Waals surface area contributed by atoms with E-state index >= 15 is 0 Å². The second kappa shape index (κ2) is 6.93. The molecular formula is C22H36. The summed E-state index contributed by atoms with van der Waals surface area (Å²) in [7, 11) is 0. The van der Waals surface area contributed by atoms with Gasteiger partial charge in [-0.1, -0.05) is 61.8 Å². The highest BCUT2D eigenvalue weighted by Gasteiger charge is 2.34. The van der Waals surface area contributed by atoms with Crippen LogP contribution in [-0.4, -0.2) is 0 Å². The molecule has 0 heteroatoms. The van der Waals surface area contributed by atoms with Gasteiger partial charge >= 0.3 is 0 Å². The fourth-order valence-corrected chi connectivity index (χ4v) is 5.62. The van der Waals surface area contributed by atoms with Crippen LogP contribution < -0.4 is 0 Å². The Morgan fingerprint density at radius 1 is 0.591 bits per heavy atom. The summed E-state index contributed by atoms with van der Waals surface area (Å²) in [5.41, 5.74) is 4.80. The third-order valence-electron chi connectivity index (χ3n) is 6.90. The summed E-state index contributed by atoms with van der Waals surface area (Å²) in [4.78, 5) is 0. The molecule has 0 nitrogen and oxygen atoms in total. The summed E-state index contributed by atoms with van der Waals surface area (Å²) >= 11 is 0. The number of rotatable bonds is 0. The van der Waals surface area contributed by atoms with Gasteiger partial charge in [-0.3, -0.25) is 0 Å². The van der Waals surface area contributed by atoms with E-state index in [1.165, 1.54) is 89.9 Å². The third kappa shape index (κ3) is 3.87. The Morgan fingerprint density at radius 2 is 0.955 bits per heavy atom. The van der Waals surface area contributed by atoms with Crippen molar-refractivity contribution < 1.29 is 0 Å². The Labute approximate surface area is 138 Å². The molecule has 0 N–H and O–H groups in total. The summed E-state index contributed by atoms with van der Waals surface area (Å²) in [6.07, 6.45) is 25.4. The van der Waals surface area contributed by atoms with E-state index in [0.717, 1.165) is 10.8 Å². The zero-order chi connectivity index (χ0) is 15.5. The fraction of sp³-hybridized carbons (Fsp3) is 0.818. The van der Waals surface area contributed by atoms with Gasteiger partial charge in [0.15, 0.2) is 0 Å². The van der Waals surface area contributed by atoms with Crippen LogP contribution in [0.15, 0.2) is 23.3 Å². The smallest absolute Gasteiger partial charge is 0.0226 e. The van der Waals surface area contributed by atoms with Crippen LogP contribution in [0.2, 0.25) is 0 Å². The predicted octanol–water partition coefficient (Wildman–Crippen LogP) is 7.35. The highest BCUT2D eigenvalue weighted by molar-refractivity contribution is 5.13. The van der Waals surface area contributed by atoms with E-state index in [1.54, 1.807) is 11.1 Å². The quantitative estimate of drug-likeness (QED) is 0.410. The van der Waals surface area contributed by atoms with Gasteiger partial charge in [-0.05, 0) is 76.0 Å². The highest BCUT2D eigenvalue weighted by atomic mass is 14.4. The normalized spacial score (nSPS) is 29.0. The summed E-state index contributed by atoms with van der Waals surface area (Å²) < 4.78 is 0. The van der Waals surface area contributed by atoms with Gasteiger partial charge in [-0.25, -0.2) is 0 Å². The molecule has 0 heterocycles. The van der Waals surface area contributed by atoms with E-state index in [4.69, 9.17) is 0 Å². The molecule has 4 rings (SSSR count). The topological polar surface area (TPSA) is 0 Å². The molecule has 2 saturated carbocycles. The van der Waals surface area contributed by atoms with Crippen molar-refractivity contribution in [1.82, 2.24) is 0 Å². The molecule has 4 aliphatic carbocycles. The first kappa shape index (κ1) is 16.3. The fourth-order valence-electron chi connectivity index (χ4n) is 5.62. The van der Waals surface area contributed by atoms with Crippen LogP contribution in [0, 0.1) is 10.8 Å². The summed E-state index contributed by atoms with van der Waals surface area (Å²) in [6, 6.07) is 0. The number of allylic oxidation sites excluding steroid dienone is 4. The molecule has 0 amide bonds. The van der Waals surface area contributed by atoms with Crippen LogP contribution in [-0.2, 0) is 0 Å². The minimum Gasteiger partial charge on any atom is -0.0850 e. The van der Waals surface area contributed by atoms with E-state index in [2.05, 4.69) is 26.0 Å². The minimum atomic E-state index is 0.752. The van der Waals surface area contributed by atoms with Crippen molar-refractivity contribution in [1.29, 1.82) is 0 Å². The maximum absolute atomic E-state index is 2.46. The second-order valence-electron chi connectivity index (χ2n) is 8.98. The molecule has 2 fully saturated rings. The van der Waals surface area contributed by atoms with Crippen molar-refractivity contribution >= 4 is 0 Å². The summed E-state index contributed by atoms with van der Waals surface area (Å²) in [5.74, 6) is 0. The molecular weight excluding hydrogens is 264 g/mol. The van der Waals surface area contributed by atoms with Gasteiger partial charge in [0.25, 0.3) is 0 Å². The SMILES string of the molecule is CC1=CCC2(CCCCC2)C1.CC1=CCC2(CCCCC2)C1. The Morgan fingerprint density at radius 3 is 1.23 bits per heavy atom. The Balaban J connectivity index is 0.000000131. The monoisotopic (exact) mass is 300 g/mol. The molecule has 22 heavy (non-hydrogen) atoms. The summed E-state index contributed by atoms with van der Waals surface area (Å²) in [6.45, 7) is 4.59. The molecule has 0 aliphatic heterocycles. The van der Waals surface area contributed by atoms with Crippen LogP contribution in [0.1, 0.15) is 104 Å².